The van der Waals surface area contributed by atoms with E-state index in [-0.39, 0.29) is 5.41 Å². The Morgan fingerprint density at radius 1 is 0.460 bits per heavy atom. The molecule has 1 aliphatic carbocycles. The van der Waals surface area contributed by atoms with Crippen LogP contribution in [0.25, 0.3) is 83.2 Å². The van der Waals surface area contributed by atoms with E-state index < -0.39 is 0 Å². The summed E-state index contributed by atoms with van der Waals surface area (Å²) in [7, 11) is 0. The maximum Gasteiger partial charge on any atom is 0.160 e. The summed E-state index contributed by atoms with van der Waals surface area (Å²) in [6.07, 6.45) is 1.83. The number of fused-ring (bicyclic) bond motifs is 7. The van der Waals surface area contributed by atoms with Crippen molar-refractivity contribution in [2.75, 3.05) is 0 Å². The van der Waals surface area contributed by atoms with Crippen molar-refractivity contribution < 1.29 is 0 Å². The molecule has 0 saturated carbocycles. The van der Waals surface area contributed by atoms with Crippen LogP contribution in [0.15, 0.2) is 164 Å². The van der Waals surface area contributed by atoms with Crippen molar-refractivity contribution in [3.63, 3.8) is 0 Å². The summed E-state index contributed by atoms with van der Waals surface area (Å²) in [5.41, 5.74) is 16.1. The second kappa shape index (κ2) is 10.8. The molecule has 236 valence electrons. The zero-order valence-corrected chi connectivity index (χ0v) is 27.9. The normalized spacial score (nSPS) is 13.2. The quantitative estimate of drug-likeness (QED) is 0.192. The maximum atomic E-state index is 5.18. The van der Waals surface area contributed by atoms with Crippen molar-refractivity contribution in [3.8, 4) is 50.3 Å². The summed E-state index contributed by atoms with van der Waals surface area (Å²) < 4.78 is 2.46. The Bertz CT molecular complexity index is 2770. The summed E-state index contributed by atoms with van der Waals surface area (Å²) >= 11 is 0. The molecule has 0 saturated heterocycles. The number of hydrogen-bond acceptors (Lipinski definition) is 2. The van der Waals surface area contributed by atoms with Crippen molar-refractivity contribution in [1.82, 2.24) is 14.5 Å². The van der Waals surface area contributed by atoms with Gasteiger partial charge in [-0.1, -0.05) is 117 Å². The van der Waals surface area contributed by atoms with Crippen molar-refractivity contribution in [3.05, 3.63) is 175 Å². The molecule has 3 aromatic heterocycles. The first-order valence-corrected chi connectivity index (χ1v) is 17.2. The summed E-state index contributed by atoms with van der Waals surface area (Å²) in [5, 5.41) is 3.55. The fourth-order valence-corrected chi connectivity index (χ4v) is 8.19. The molecule has 3 heterocycles. The fourth-order valence-electron chi connectivity index (χ4n) is 8.19. The van der Waals surface area contributed by atoms with Gasteiger partial charge < -0.3 is 4.57 Å². The van der Waals surface area contributed by atoms with Crippen LogP contribution in [0.3, 0.4) is 0 Å². The van der Waals surface area contributed by atoms with Crippen molar-refractivity contribution >= 4 is 32.8 Å². The average molecular weight is 640 g/mol. The maximum absolute atomic E-state index is 5.18. The number of para-hydroxylation sites is 1. The molecule has 0 spiro atoms. The second-order valence-corrected chi connectivity index (χ2v) is 13.9. The molecule has 0 radical (unpaired) electrons. The number of nitrogens with zero attached hydrogens (tertiary/aromatic N) is 3. The summed E-state index contributed by atoms with van der Waals surface area (Å²) in [6, 6.07) is 57.0. The predicted molar refractivity (Wildman–Crippen MR) is 208 cm³/mol. The van der Waals surface area contributed by atoms with E-state index in [2.05, 4.69) is 170 Å². The molecule has 1 aliphatic rings. The van der Waals surface area contributed by atoms with Crippen LogP contribution in [0.1, 0.15) is 25.0 Å². The highest BCUT2D eigenvalue weighted by molar-refractivity contribution is 6.12. The topological polar surface area (TPSA) is 30.7 Å². The Labute approximate surface area is 291 Å². The van der Waals surface area contributed by atoms with Crippen LogP contribution >= 0.6 is 0 Å². The van der Waals surface area contributed by atoms with Crippen LogP contribution in [0.2, 0.25) is 0 Å². The van der Waals surface area contributed by atoms with E-state index in [1.54, 1.807) is 0 Å². The van der Waals surface area contributed by atoms with Crippen LogP contribution in [-0.2, 0) is 5.41 Å². The van der Waals surface area contributed by atoms with Gasteiger partial charge >= 0.3 is 0 Å². The molecule has 50 heavy (non-hydrogen) atoms. The first kappa shape index (κ1) is 28.7. The molecular formula is C47H33N3. The van der Waals surface area contributed by atoms with Gasteiger partial charge in [0, 0.05) is 39.0 Å². The largest absolute Gasteiger partial charge is 0.309 e. The highest BCUT2D eigenvalue weighted by Crippen LogP contribution is 2.51. The molecule has 0 fully saturated rings. The lowest BCUT2D eigenvalue weighted by atomic mass is 9.82. The van der Waals surface area contributed by atoms with E-state index >= 15 is 0 Å². The van der Waals surface area contributed by atoms with E-state index in [4.69, 9.17) is 9.97 Å². The molecular weight excluding hydrogens is 607 g/mol. The minimum atomic E-state index is -0.103. The monoisotopic (exact) mass is 639 g/mol. The lowest BCUT2D eigenvalue weighted by Gasteiger charge is -2.22. The fraction of sp³-hybridized carbons (Fsp3) is 0.0638. The number of pyridine rings is 2. The first-order valence-electron chi connectivity index (χ1n) is 17.2. The van der Waals surface area contributed by atoms with E-state index in [0.29, 0.717) is 0 Å². The minimum absolute atomic E-state index is 0.103. The Morgan fingerprint density at radius 2 is 1.16 bits per heavy atom. The number of benzene rings is 6. The Balaban J connectivity index is 1.27. The Hall–Kier alpha value is -6.32. The summed E-state index contributed by atoms with van der Waals surface area (Å²) in [6.45, 7) is 4.71. The van der Waals surface area contributed by atoms with Gasteiger partial charge in [-0.2, -0.15) is 0 Å². The zero-order valence-electron chi connectivity index (χ0n) is 27.9. The van der Waals surface area contributed by atoms with Crippen molar-refractivity contribution in [1.29, 1.82) is 0 Å². The standard InChI is InChI=1S/C47H33N3/c1-47(2)41-21-11-9-18-35(41)39-27-40-36-19-10-12-22-44(36)50(45(40)29-42(39)47)34-25-32(30-14-5-3-6-15-30)24-33(26-34)43-28-38(31-16-7-4-8-17-31)37-20-13-23-48-46(37)49-43/h3-29H,1-2H3. The third-order valence-electron chi connectivity index (χ3n) is 10.6. The highest BCUT2D eigenvalue weighted by Gasteiger charge is 2.36. The van der Waals surface area contributed by atoms with E-state index in [9.17, 15) is 0 Å². The molecule has 10 rings (SSSR count). The molecule has 3 heteroatoms. The average Bonchev–Trinajstić information content (AvgIpc) is 3.62. The number of hydrogen-bond donors (Lipinski definition) is 0. The lowest BCUT2D eigenvalue weighted by molar-refractivity contribution is 0.661. The smallest absolute Gasteiger partial charge is 0.160 e. The summed E-state index contributed by atoms with van der Waals surface area (Å²) in [4.78, 5) is 9.92. The summed E-state index contributed by atoms with van der Waals surface area (Å²) in [5.74, 6) is 0. The van der Waals surface area contributed by atoms with Crippen LogP contribution < -0.4 is 0 Å². The zero-order chi connectivity index (χ0) is 33.4. The molecule has 3 nitrogen and oxygen atoms in total. The predicted octanol–water partition coefficient (Wildman–Crippen LogP) is 12.0. The Kier molecular flexibility index (Phi) is 6.22. The van der Waals surface area contributed by atoms with Gasteiger partial charge in [-0.3, -0.25) is 0 Å². The molecule has 0 atom stereocenters. The molecule has 0 amide bonds. The Morgan fingerprint density at radius 3 is 2.00 bits per heavy atom. The van der Waals surface area contributed by atoms with Gasteiger partial charge in [-0.05, 0) is 99.1 Å². The minimum Gasteiger partial charge on any atom is -0.309 e. The lowest BCUT2D eigenvalue weighted by Crippen LogP contribution is -2.15. The molecule has 0 aliphatic heterocycles. The first-order chi connectivity index (χ1) is 24.5. The van der Waals surface area contributed by atoms with E-state index in [1.807, 2.05) is 12.3 Å². The van der Waals surface area contributed by atoms with Crippen molar-refractivity contribution in [2.45, 2.75) is 19.3 Å². The third kappa shape index (κ3) is 4.30. The van der Waals surface area contributed by atoms with E-state index in [1.165, 1.54) is 44.1 Å². The van der Waals surface area contributed by atoms with Gasteiger partial charge in [0.05, 0.1) is 16.7 Å². The number of rotatable bonds is 4. The highest BCUT2D eigenvalue weighted by atomic mass is 15.0. The number of aromatic nitrogens is 3. The molecule has 0 N–H and O–H groups in total. The van der Waals surface area contributed by atoms with Gasteiger partial charge in [0.1, 0.15) is 0 Å². The van der Waals surface area contributed by atoms with Crippen LogP contribution in [-0.4, -0.2) is 14.5 Å². The molecule has 0 bridgehead atoms. The van der Waals surface area contributed by atoms with Gasteiger partial charge in [-0.15, -0.1) is 0 Å². The SMILES string of the molecule is CC1(C)c2ccccc2-c2cc3c4ccccc4n(-c4cc(-c5ccccc5)cc(-c5cc(-c6ccccc6)c6cccnc6n5)c4)c3cc21. The van der Waals surface area contributed by atoms with Crippen LogP contribution in [0.5, 0.6) is 0 Å². The third-order valence-corrected chi connectivity index (χ3v) is 10.6. The van der Waals surface area contributed by atoms with Gasteiger partial charge in [-0.25, -0.2) is 9.97 Å². The van der Waals surface area contributed by atoms with Gasteiger partial charge in [0.2, 0.25) is 0 Å². The van der Waals surface area contributed by atoms with Gasteiger partial charge in [0.15, 0.2) is 5.65 Å². The van der Waals surface area contributed by atoms with Gasteiger partial charge in [0.25, 0.3) is 0 Å². The molecule has 0 unspecified atom stereocenters. The molecule has 9 aromatic rings. The second-order valence-electron chi connectivity index (χ2n) is 13.9. The van der Waals surface area contributed by atoms with Crippen molar-refractivity contribution in [2.24, 2.45) is 0 Å². The van der Waals surface area contributed by atoms with Crippen LogP contribution in [0.4, 0.5) is 0 Å². The molecule has 6 aromatic carbocycles. The van der Waals surface area contributed by atoms with Crippen LogP contribution in [0, 0.1) is 0 Å². The van der Waals surface area contributed by atoms with E-state index in [0.717, 1.165) is 50.2 Å².